The smallest absolute Gasteiger partial charge is 0.315 e. The fraction of sp³-hybridized carbons (Fsp3) is 0.381. The summed E-state index contributed by atoms with van der Waals surface area (Å²) in [5, 5.41) is 5.42. The quantitative estimate of drug-likeness (QED) is 0.650. The van der Waals surface area contributed by atoms with Crippen LogP contribution in [0.1, 0.15) is 50.9 Å². The van der Waals surface area contributed by atoms with Crippen LogP contribution in [-0.4, -0.2) is 31.8 Å². The molecule has 9 heteroatoms. The first-order valence-electron chi connectivity index (χ1n) is 9.72. The first-order valence-corrected chi connectivity index (χ1v) is 11.2. The molecule has 0 radical (unpaired) electrons. The largest absolute Gasteiger partial charge is 0.332 e. The summed E-state index contributed by atoms with van der Waals surface area (Å²) in [6.45, 7) is 7.74. The predicted octanol–water partition coefficient (Wildman–Crippen LogP) is 4.12. The van der Waals surface area contributed by atoms with Crippen molar-refractivity contribution in [3.8, 4) is 0 Å². The van der Waals surface area contributed by atoms with Crippen LogP contribution in [-0.2, 0) is 10.0 Å². The molecule has 2 atom stereocenters. The van der Waals surface area contributed by atoms with Crippen molar-refractivity contribution in [2.45, 2.75) is 44.7 Å². The molecular formula is C21H27F2N3O3S. The number of carbonyl (C=O) groups is 1. The van der Waals surface area contributed by atoms with Crippen LogP contribution in [0.3, 0.4) is 0 Å². The Hall–Kier alpha value is -2.52. The Morgan fingerprint density at radius 1 is 0.900 bits per heavy atom. The summed E-state index contributed by atoms with van der Waals surface area (Å²) in [6.07, 6.45) is 0. The summed E-state index contributed by atoms with van der Waals surface area (Å²) < 4.78 is 52.9. The highest BCUT2D eigenvalue weighted by Crippen LogP contribution is 2.20. The van der Waals surface area contributed by atoms with Gasteiger partial charge in [-0.1, -0.05) is 32.0 Å². The van der Waals surface area contributed by atoms with E-state index in [1.165, 1.54) is 22.5 Å². The van der Waals surface area contributed by atoms with E-state index < -0.39 is 39.8 Å². The van der Waals surface area contributed by atoms with E-state index in [0.717, 1.165) is 17.7 Å². The number of carbonyl (C=O) groups excluding carboxylic acids is 1. The van der Waals surface area contributed by atoms with Gasteiger partial charge in [0.15, 0.2) is 11.6 Å². The van der Waals surface area contributed by atoms with Gasteiger partial charge in [-0.2, -0.15) is 4.31 Å². The zero-order valence-corrected chi connectivity index (χ0v) is 18.3. The van der Waals surface area contributed by atoms with Gasteiger partial charge in [-0.05, 0) is 49.2 Å². The van der Waals surface area contributed by atoms with Crippen molar-refractivity contribution in [3.63, 3.8) is 0 Å². The molecule has 2 aromatic rings. The number of sulfonamides is 1. The molecule has 0 bridgehead atoms. The van der Waals surface area contributed by atoms with Crippen molar-refractivity contribution in [2.75, 3.05) is 13.1 Å². The minimum absolute atomic E-state index is 0.193. The first-order chi connectivity index (χ1) is 14.1. The number of nitrogens with one attached hydrogen (secondary N) is 2. The van der Waals surface area contributed by atoms with E-state index in [4.69, 9.17) is 0 Å². The van der Waals surface area contributed by atoms with Crippen molar-refractivity contribution in [1.82, 2.24) is 14.9 Å². The summed E-state index contributed by atoms with van der Waals surface area (Å²) in [6, 6.07) is 8.38. The lowest BCUT2D eigenvalue weighted by molar-refractivity contribution is 0.235. The molecule has 0 aliphatic rings. The molecule has 0 aliphatic carbocycles. The Morgan fingerprint density at radius 3 is 1.90 bits per heavy atom. The molecule has 2 N–H and O–H groups in total. The maximum atomic E-state index is 13.4. The zero-order chi connectivity index (χ0) is 22.5. The number of hydrogen-bond acceptors (Lipinski definition) is 3. The molecule has 0 heterocycles. The molecule has 0 saturated heterocycles. The Kier molecular flexibility index (Phi) is 7.91. The molecule has 0 saturated carbocycles. The number of amides is 2. The van der Waals surface area contributed by atoms with Crippen LogP contribution >= 0.6 is 0 Å². The highest BCUT2D eigenvalue weighted by molar-refractivity contribution is 7.89. The van der Waals surface area contributed by atoms with Gasteiger partial charge in [-0.15, -0.1) is 0 Å². The van der Waals surface area contributed by atoms with Gasteiger partial charge in [0.2, 0.25) is 10.0 Å². The van der Waals surface area contributed by atoms with Gasteiger partial charge < -0.3 is 10.6 Å². The molecule has 2 amide bonds. The summed E-state index contributed by atoms with van der Waals surface area (Å²) in [7, 11) is -3.54. The average molecular weight is 440 g/mol. The Balaban J connectivity index is 2.02. The third-order valence-corrected chi connectivity index (χ3v) is 6.93. The molecule has 30 heavy (non-hydrogen) atoms. The Bertz CT molecular complexity index is 977. The predicted molar refractivity (Wildman–Crippen MR) is 111 cm³/mol. The van der Waals surface area contributed by atoms with Crippen LogP contribution in [0.25, 0.3) is 0 Å². The fourth-order valence-corrected chi connectivity index (χ4v) is 4.48. The van der Waals surface area contributed by atoms with Crippen molar-refractivity contribution >= 4 is 16.1 Å². The van der Waals surface area contributed by atoms with Gasteiger partial charge in [0, 0.05) is 13.1 Å². The number of benzene rings is 2. The molecule has 0 aliphatic heterocycles. The summed E-state index contributed by atoms with van der Waals surface area (Å²) in [5.74, 6) is -1.93. The number of nitrogens with zero attached hydrogens (tertiary/aromatic N) is 1. The van der Waals surface area contributed by atoms with Crippen LogP contribution in [0, 0.1) is 11.6 Å². The van der Waals surface area contributed by atoms with Crippen LogP contribution in [0.15, 0.2) is 47.4 Å². The summed E-state index contributed by atoms with van der Waals surface area (Å²) >= 11 is 0. The van der Waals surface area contributed by atoms with E-state index in [-0.39, 0.29) is 4.90 Å². The van der Waals surface area contributed by atoms with E-state index in [9.17, 15) is 22.0 Å². The lowest BCUT2D eigenvalue weighted by atomic mass is 10.1. The van der Waals surface area contributed by atoms with Crippen LogP contribution in [0.5, 0.6) is 0 Å². The molecule has 2 aromatic carbocycles. The third-order valence-electron chi connectivity index (χ3n) is 4.86. The lowest BCUT2D eigenvalue weighted by Gasteiger charge is -2.20. The topological polar surface area (TPSA) is 78.5 Å². The molecule has 164 valence electrons. The number of halogens is 2. The number of rotatable bonds is 8. The second kappa shape index (κ2) is 9.99. The summed E-state index contributed by atoms with van der Waals surface area (Å²) in [4.78, 5) is 12.5. The number of hydrogen-bond donors (Lipinski definition) is 2. The lowest BCUT2D eigenvalue weighted by Crippen LogP contribution is -2.38. The molecule has 0 aromatic heterocycles. The van der Waals surface area contributed by atoms with Gasteiger partial charge in [-0.3, -0.25) is 0 Å². The monoisotopic (exact) mass is 439 g/mol. The molecule has 0 spiro atoms. The Labute approximate surface area is 176 Å². The minimum Gasteiger partial charge on any atom is -0.332 e. The van der Waals surface area contributed by atoms with E-state index >= 15 is 0 Å². The summed E-state index contributed by atoms with van der Waals surface area (Å²) in [5.41, 5.74) is 1.16. The average Bonchev–Trinajstić information content (AvgIpc) is 2.70. The molecule has 6 nitrogen and oxygen atoms in total. The maximum absolute atomic E-state index is 13.4. The maximum Gasteiger partial charge on any atom is 0.315 e. The van der Waals surface area contributed by atoms with Gasteiger partial charge >= 0.3 is 6.03 Å². The second-order valence-corrected chi connectivity index (χ2v) is 8.83. The van der Waals surface area contributed by atoms with Gasteiger partial charge in [-0.25, -0.2) is 22.0 Å². The van der Waals surface area contributed by atoms with Crippen molar-refractivity contribution in [1.29, 1.82) is 0 Å². The van der Waals surface area contributed by atoms with Gasteiger partial charge in [0.1, 0.15) is 0 Å². The first kappa shape index (κ1) is 23.8. The molecule has 2 rings (SSSR count). The molecular weight excluding hydrogens is 412 g/mol. The zero-order valence-electron chi connectivity index (χ0n) is 17.4. The normalized spacial score (nSPS) is 13.7. The van der Waals surface area contributed by atoms with Crippen molar-refractivity contribution in [2.24, 2.45) is 0 Å². The highest BCUT2D eigenvalue weighted by Gasteiger charge is 2.22. The number of urea groups is 1. The molecule has 0 fully saturated rings. The van der Waals surface area contributed by atoms with E-state index in [1.54, 1.807) is 39.8 Å². The Morgan fingerprint density at radius 2 is 1.40 bits per heavy atom. The van der Waals surface area contributed by atoms with Crippen LogP contribution in [0.4, 0.5) is 13.6 Å². The van der Waals surface area contributed by atoms with E-state index in [0.29, 0.717) is 18.7 Å². The highest BCUT2D eigenvalue weighted by atomic mass is 32.2. The van der Waals surface area contributed by atoms with Crippen LogP contribution < -0.4 is 10.6 Å². The van der Waals surface area contributed by atoms with Gasteiger partial charge in [0.05, 0.1) is 17.0 Å². The van der Waals surface area contributed by atoms with Crippen LogP contribution in [0.2, 0.25) is 0 Å². The second-order valence-electron chi connectivity index (χ2n) is 6.89. The minimum atomic E-state index is -3.54. The van der Waals surface area contributed by atoms with Gasteiger partial charge in [0.25, 0.3) is 0 Å². The van der Waals surface area contributed by atoms with E-state index in [2.05, 4.69) is 10.6 Å². The van der Waals surface area contributed by atoms with Crippen molar-refractivity contribution in [3.05, 3.63) is 65.2 Å². The SMILES string of the molecule is CCN(CC)S(=O)(=O)c1ccc([C@@H](C)NC(=O)N[C@H](C)c2ccc(F)c(F)c2)cc1. The van der Waals surface area contributed by atoms with Crippen molar-refractivity contribution < 1.29 is 22.0 Å². The molecule has 0 unspecified atom stereocenters. The standard InChI is InChI=1S/C21H27F2N3O3S/c1-5-26(6-2)30(28,29)18-10-7-16(8-11-18)14(3)24-21(27)25-15(4)17-9-12-19(22)20(23)13-17/h7-15H,5-6H2,1-4H3,(H2,24,25,27)/t14-,15-/m1/s1. The fourth-order valence-electron chi connectivity index (χ4n) is 3.02. The van der Waals surface area contributed by atoms with E-state index in [1.807, 2.05) is 0 Å². The third kappa shape index (κ3) is 5.54.